The van der Waals surface area contributed by atoms with Gasteiger partial charge in [-0.15, -0.1) is 5.10 Å². The van der Waals surface area contributed by atoms with Crippen molar-refractivity contribution >= 4 is 27.7 Å². The smallest absolute Gasteiger partial charge is 0.267 e. The second kappa shape index (κ2) is 4.26. The molecule has 0 amide bonds. The third-order valence-corrected chi connectivity index (χ3v) is 3.73. The quantitative estimate of drug-likeness (QED) is 0.871. The first-order chi connectivity index (χ1) is 8.24. The molecule has 1 aliphatic rings. The van der Waals surface area contributed by atoms with Gasteiger partial charge >= 0.3 is 5.69 Å². The fourth-order valence-electron chi connectivity index (χ4n) is 1.48. The molecular formula is C9H8BrN5OS. The van der Waals surface area contributed by atoms with E-state index in [0.717, 1.165) is 17.9 Å². The Labute approximate surface area is 109 Å². The first kappa shape index (κ1) is 11.0. The molecule has 0 unspecified atom stereocenters. The van der Waals surface area contributed by atoms with E-state index in [2.05, 4.69) is 36.1 Å². The molecule has 8 heteroatoms. The molecule has 1 fully saturated rings. The van der Waals surface area contributed by atoms with E-state index < -0.39 is 0 Å². The monoisotopic (exact) mass is 313 g/mol. The summed E-state index contributed by atoms with van der Waals surface area (Å²) in [5, 5.41) is 7.90. The maximum atomic E-state index is 11.6. The Balaban J connectivity index is 1.92. The van der Waals surface area contributed by atoms with Crippen LogP contribution in [0.1, 0.15) is 18.9 Å². The zero-order chi connectivity index (χ0) is 11.8. The molecule has 17 heavy (non-hydrogen) atoms. The average Bonchev–Trinajstić information content (AvgIpc) is 3.05. The number of hydrogen-bond acceptors (Lipinski definition) is 5. The van der Waals surface area contributed by atoms with Gasteiger partial charge in [-0.1, -0.05) is 0 Å². The Morgan fingerprint density at radius 3 is 3.00 bits per heavy atom. The highest BCUT2D eigenvalue weighted by molar-refractivity contribution is 9.10. The highest BCUT2D eigenvalue weighted by Crippen LogP contribution is 2.37. The van der Waals surface area contributed by atoms with E-state index >= 15 is 0 Å². The van der Waals surface area contributed by atoms with Crippen LogP contribution in [0.15, 0.2) is 32.0 Å². The fourth-order valence-corrected chi connectivity index (χ4v) is 2.82. The molecule has 0 atom stereocenters. The number of nitrogens with one attached hydrogen (secondary N) is 1. The molecule has 0 bridgehead atoms. The number of aromatic amines is 1. The third-order valence-electron chi connectivity index (χ3n) is 2.39. The Kier molecular flexibility index (Phi) is 2.75. The van der Waals surface area contributed by atoms with E-state index in [1.165, 1.54) is 18.1 Å². The van der Waals surface area contributed by atoms with Gasteiger partial charge in [-0.2, -0.15) is 0 Å². The van der Waals surface area contributed by atoms with Crippen LogP contribution in [-0.2, 0) is 0 Å². The summed E-state index contributed by atoms with van der Waals surface area (Å²) in [4.78, 5) is 19.6. The summed E-state index contributed by atoms with van der Waals surface area (Å²) in [6.07, 6.45) is 3.56. The molecule has 88 valence electrons. The molecule has 2 heterocycles. The molecular weight excluding hydrogens is 306 g/mol. The molecule has 3 rings (SSSR count). The molecule has 6 nitrogen and oxygen atoms in total. The molecule has 2 aromatic heterocycles. The lowest BCUT2D eigenvalue weighted by molar-refractivity contribution is 0.642. The van der Waals surface area contributed by atoms with Crippen LogP contribution in [0.3, 0.4) is 0 Å². The van der Waals surface area contributed by atoms with Crippen LogP contribution >= 0.6 is 27.7 Å². The van der Waals surface area contributed by atoms with Crippen LogP contribution in [0.4, 0.5) is 0 Å². The summed E-state index contributed by atoms with van der Waals surface area (Å²) in [7, 11) is 0. The molecule has 1 aliphatic carbocycles. The van der Waals surface area contributed by atoms with Crippen LogP contribution in [0.5, 0.6) is 0 Å². The van der Waals surface area contributed by atoms with E-state index in [0.29, 0.717) is 15.8 Å². The zero-order valence-electron chi connectivity index (χ0n) is 8.63. The van der Waals surface area contributed by atoms with E-state index in [-0.39, 0.29) is 5.69 Å². The van der Waals surface area contributed by atoms with Gasteiger partial charge in [0, 0.05) is 12.1 Å². The van der Waals surface area contributed by atoms with Crippen molar-refractivity contribution in [1.82, 2.24) is 24.7 Å². The van der Waals surface area contributed by atoms with Gasteiger partial charge in [-0.25, -0.2) is 19.9 Å². The summed E-state index contributed by atoms with van der Waals surface area (Å²) in [5.74, 6) is 0. The minimum atomic E-state index is -0.150. The van der Waals surface area contributed by atoms with E-state index in [4.69, 9.17) is 0 Å². The lowest BCUT2D eigenvalue weighted by Gasteiger charge is -2.02. The van der Waals surface area contributed by atoms with Crippen molar-refractivity contribution in [2.75, 3.05) is 0 Å². The first-order valence-corrected chi connectivity index (χ1v) is 6.67. The molecule has 0 aromatic carbocycles. The minimum absolute atomic E-state index is 0.150. The maximum absolute atomic E-state index is 11.6. The molecule has 0 spiro atoms. The second-order valence-electron chi connectivity index (χ2n) is 3.69. The van der Waals surface area contributed by atoms with Crippen molar-refractivity contribution in [1.29, 1.82) is 0 Å². The van der Waals surface area contributed by atoms with Gasteiger partial charge in [0.05, 0.1) is 0 Å². The van der Waals surface area contributed by atoms with E-state index in [1.807, 2.05) is 0 Å². The number of rotatable bonds is 3. The van der Waals surface area contributed by atoms with Crippen LogP contribution in [0, 0.1) is 0 Å². The summed E-state index contributed by atoms with van der Waals surface area (Å²) < 4.78 is 2.41. The van der Waals surface area contributed by atoms with Crippen molar-refractivity contribution < 1.29 is 0 Å². The molecule has 0 aliphatic heterocycles. The standard InChI is InChI=1S/C9H8BrN5OS/c10-6-3-7(12-4-11-6)17-9-14-13-8(16)15(9)5-1-2-5/h3-5H,1-2H2,(H,13,16). The van der Waals surface area contributed by atoms with Gasteiger partial charge in [0.25, 0.3) is 0 Å². The Morgan fingerprint density at radius 2 is 2.29 bits per heavy atom. The minimum Gasteiger partial charge on any atom is -0.267 e. The summed E-state index contributed by atoms with van der Waals surface area (Å²) >= 11 is 4.64. The largest absolute Gasteiger partial charge is 0.344 e. The Morgan fingerprint density at radius 1 is 1.47 bits per heavy atom. The summed E-state index contributed by atoms with van der Waals surface area (Å²) in [5.41, 5.74) is -0.150. The highest BCUT2D eigenvalue weighted by Gasteiger charge is 2.28. The van der Waals surface area contributed by atoms with Crippen LogP contribution in [0.2, 0.25) is 0 Å². The molecule has 0 radical (unpaired) electrons. The maximum Gasteiger partial charge on any atom is 0.344 e. The van der Waals surface area contributed by atoms with Crippen LogP contribution < -0.4 is 5.69 Å². The number of nitrogens with zero attached hydrogens (tertiary/aromatic N) is 4. The molecule has 2 aromatic rings. The van der Waals surface area contributed by atoms with Crippen molar-refractivity contribution in [3.63, 3.8) is 0 Å². The topological polar surface area (TPSA) is 76.5 Å². The predicted molar refractivity (Wildman–Crippen MR) is 65.0 cm³/mol. The predicted octanol–water partition coefficient (Wildman–Crippen LogP) is 1.61. The fraction of sp³-hybridized carbons (Fsp3) is 0.333. The lowest BCUT2D eigenvalue weighted by atomic mass is 10.7. The van der Waals surface area contributed by atoms with E-state index in [1.54, 1.807) is 10.6 Å². The van der Waals surface area contributed by atoms with E-state index in [9.17, 15) is 4.79 Å². The lowest BCUT2D eigenvalue weighted by Crippen LogP contribution is -2.16. The number of aromatic nitrogens is 5. The van der Waals surface area contributed by atoms with Crippen LogP contribution in [-0.4, -0.2) is 24.7 Å². The van der Waals surface area contributed by atoms with Gasteiger partial charge in [0.1, 0.15) is 16.0 Å². The third kappa shape index (κ3) is 2.27. The zero-order valence-corrected chi connectivity index (χ0v) is 11.0. The average molecular weight is 314 g/mol. The van der Waals surface area contributed by atoms with Gasteiger partial charge in [0.15, 0.2) is 5.16 Å². The highest BCUT2D eigenvalue weighted by atomic mass is 79.9. The SMILES string of the molecule is O=c1[nH]nc(Sc2cc(Br)ncn2)n1C1CC1. The number of halogens is 1. The molecule has 0 saturated heterocycles. The van der Waals surface area contributed by atoms with Gasteiger partial charge in [0.2, 0.25) is 0 Å². The van der Waals surface area contributed by atoms with Crippen molar-refractivity contribution in [3.8, 4) is 0 Å². The molecule has 1 saturated carbocycles. The second-order valence-corrected chi connectivity index (χ2v) is 5.49. The Hall–Kier alpha value is -1.15. The first-order valence-electron chi connectivity index (χ1n) is 5.06. The van der Waals surface area contributed by atoms with Gasteiger partial charge in [-0.05, 0) is 40.5 Å². The van der Waals surface area contributed by atoms with Crippen molar-refractivity contribution in [3.05, 3.63) is 27.5 Å². The number of H-pyrrole nitrogens is 1. The number of hydrogen-bond donors (Lipinski definition) is 1. The van der Waals surface area contributed by atoms with Crippen molar-refractivity contribution in [2.24, 2.45) is 0 Å². The van der Waals surface area contributed by atoms with Gasteiger partial charge < -0.3 is 0 Å². The summed E-state index contributed by atoms with van der Waals surface area (Å²) in [6, 6.07) is 2.09. The van der Waals surface area contributed by atoms with Gasteiger partial charge in [-0.3, -0.25) is 4.57 Å². The Bertz CT molecular complexity index is 605. The van der Waals surface area contributed by atoms with Crippen molar-refractivity contribution in [2.45, 2.75) is 29.1 Å². The molecule has 1 N–H and O–H groups in total. The van der Waals surface area contributed by atoms with Crippen LogP contribution in [0.25, 0.3) is 0 Å². The normalized spacial score (nSPS) is 15.1. The summed E-state index contributed by atoms with van der Waals surface area (Å²) in [6.45, 7) is 0.